The Bertz CT molecular complexity index is 505. The first-order valence-electron chi connectivity index (χ1n) is 7.41. The number of rotatable bonds is 1. The monoisotopic (exact) mass is 336 g/mol. The second-order valence-corrected chi connectivity index (χ2v) is 6.82. The molecular formula is C16H21BrN2O. The van der Waals surface area contributed by atoms with Gasteiger partial charge in [-0.15, -0.1) is 0 Å². The summed E-state index contributed by atoms with van der Waals surface area (Å²) in [5.74, 6) is 0.818. The van der Waals surface area contributed by atoms with E-state index in [9.17, 15) is 4.79 Å². The van der Waals surface area contributed by atoms with Gasteiger partial charge in [-0.05, 0) is 66.8 Å². The van der Waals surface area contributed by atoms with Crippen LogP contribution in [0.2, 0.25) is 0 Å². The van der Waals surface area contributed by atoms with Crippen LogP contribution >= 0.6 is 15.9 Å². The molecule has 0 aliphatic carbocycles. The molecule has 2 aliphatic heterocycles. The van der Waals surface area contributed by atoms with E-state index in [0.29, 0.717) is 12.0 Å². The Morgan fingerprint density at radius 2 is 2.05 bits per heavy atom. The third-order valence-corrected chi connectivity index (χ3v) is 5.43. The Hall–Kier alpha value is -0.870. The topological polar surface area (TPSA) is 23.6 Å². The van der Waals surface area contributed by atoms with Gasteiger partial charge in [-0.1, -0.05) is 12.1 Å². The maximum atomic E-state index is 12.7. The molecule has 1 aromatic carbocycles. The van der Waals surface area contributed by atoms with Crippen molar-refractivity contribution >= 4 is 21.8 Å². The Morgan fingerprint density at radius 3 is 2.85 bits per heavy atom. The molecule has 0 radical (unpaired) electrons. The number of hydrogen-bond donors (Lipinski definition) is 0. The number of likely N-dealkylation sites (tertiary alicyclic amines) is 2. The van der Waals surface area contributed by atoms with E-state index < -0.39 is 0 Å². The van der Waals surface area contributed by atoms with Gasteiger partial charge in [-0.3, -0.25) is 4.79 Å². The van der Waals surface area contributed by atoms with Crippen molar-refractivity contribution in [2.75, 3.05) is 26.7 Å². The summed E-state index contributed by atoms with van der Waals surface area (Å²) in [5, 5.41) is 0. The third-order valence-electron chi connectivity index (χ3n) is 4.74. The summed E-state index contributed by atoms with van der Waals surface area (Å²) in [6.07, 6.45) is 3.63. The fourth-order valence-electron chi connectivity index (χ4n) is 3.64. The van der Waals surface area contributed by atoms with Crippen LogP contribution in [-0.2, 0) is 0 Å². The maximum Gasteiger partial charge on any atom is 0.255 e. The van der Waals surface area contributed by atoms with Crippen LogP contribution < -0.4 is 0 Å². The molecule has 2 unspecified atom stereocenters. The normalized spacial score (nSPS) is 27.2. The summed E-state index contributed by atoms with van der Waals surface area (Å²) < 4.78 is 0.896. The van der Waals surface area contributed by atoms with Crippen LogP contribution in [0, 0.1) is 5.92 Å². The van der Waals surface area contributed by atoms with Gasteiger partial charge in [0.1, 0.15) is 0 Å². The highest BCUT2D eigenvalue weighted by atomic mass is 79.9. The Kier molecular flexibility index (Phi) is 4.13. The molecule has 0 aromatic heterocycles. The highest BCUT2D eigenvalue weighted by Crippen LogP contribution is 2.30. The molecule has 2 aliphatic rings. The molecule has 0 N–H and O–H groups in total. The molecule has 1 amide bonds. The van der Waals surface area contributed by atoms with Crippen LogP contribution in [0.4, 0.5) is 0 Å². The van der Waals surface area contributed by atoms with Crippen molar-refractivity contribution in [2.45, 2.75) is 25.3 Å². The Morgan fingerprint density at radius 1 is 1.25 bits per heavy atom. The van der Waals surface area contributed by atoms with Crippen molar-refractivity contribution in [3.63, 3.8) is 0 Å². The van der Waals surface area contributed by atoms with E-state index in [1.54, 1.807) is 0 Å². The number of carbonyl (C=O) groups is 1. The average Bonchev–Trinajstić information content (AvgIpc) is 2.47. The van der Waals surface area contributed by atoms with Gasteiger partial charge in [0.05, 0.1) is 5.56 Å². The van der Waals surface area contributed by atoms with Crippen LogP contribution in [-0.4, -0.2) is 48.4 Å². The van der Waals surface area contributed by atoms with Crippen molar-refractivity contribution in [3.05, 3.63) is 34.3 Å². The summed E-state index contributed by atoms with van der Waals surface area (Å²) in [4.78, 5) is 17.2. The summed E-state index contributed by atoms with van der Waals surface area (Å²) in [6.45, 7) is 3.00. The van der Waals surface area contributed by atoms with Crippen molar-refractivity contribution in [3.8, 4) is 0 Å². The molecule has 3 rings (SSSR count). The van der Waals surface area contributed by atoms with E-state index in [1.807, 2.05) is 29.2 Å². The number of benzene rings is 1. The van der Waals surface area contributed by atoms with Crippen LogP contribution in [0.3, 0.4) is 0 Å². The predicted molar refractivity (Wildman–Crippen MR) is 83.8 cm³/mol. The SMILES string of the molecule is CN1CCCC2CN(C(=O)c3ccccc3Br)CCC21. The molecule has 108 valence electrons. The largest absolute Gasteiger partial charge is 0.338 e. The molecule has 0 bridgehead atoms. The molecule has 3 nitrogen and oxygen atoms in total. The first kappa shape index (κ1) is 14.1. The van der Waals surface area contributed by atoms with Gasteiger partial charge in [-0.2, -0.15) is 0 Å². The number of fused-ring (bicyclic) bond motifs is 1. The van der Waals surface area contributed by atoms with Crippen molar-refractivity contribution in [1.29, 1.82) is 0 Å². The minimum absolute atomic E-state index is 0.171. The number of piperidine rings is 2. The number of carbonyl (C=O) groups excluding carboxylic acids is 1. The van der Waals surface area contributed by atoms with Crippen LogP contribution in [0.25, 0.3) is 0 Å². The zero-order valence-electron chi connectivity index (χ0n) is 11.9. The quantitative estimate of drug-likeness (QED) is 0.787. The lowest BCUT2D eigenvalue weighted by atomic mass is 9.84. The van der Waals surface area contributed by atoms with Gasteiger partial charge in [0.25, 0.3) is 5.91 Å². The molecular weight excluding hydrogens is 316 g/mol. The molecule has 2 heterocycles. The lowest BCUT2D eigenvalue weighted by Gasteiger charge is -2.46. The first-order valence-corrected chi connectivity index (χ1v) is 8.20. The lowest BCUT2D eigenvalue weighted by molar-refractivity contribution is 0.0316. The molecule has 4 heteroatoms. The fraction of sp³-hybridized carbons (Fsp3) is 0.562. The second kappa shape index (κ2) is 5.86. The fourth-order valence-corrected chi connectivity index (χ4v) is 4.10. The van der Waals surface area contributed by atoms with E-state index in [-0.39, 0.29) is 5.91 Å². The van der Waals surface area contributed by atoms with Gasteiger partial charge in [0.2, 0.25) is 0 Å². The molecule has 1 aromatic rings. The summed E-state index contributed by atoms with van der Waals surface area (Å²) in [5.41, 5.74) is 0.787. The van der Waals surface area contributed by atoms with Gasteiger partial charge < -0.3 is 9.80 Å². The number of amides is 1. The average molecular weight is 337 g/mol. The summed E-state index contributed by atoms with van der Waals surface area (Å²) in [6, 6.07) is 8.40. The zero-order chi connectivity index (χ0) is 14.1. The van der Waals surface area contributed by atoms with E-state index >= 15 is 0 Å². The van der Waals surface area contributed by atoms with Crippen molar-refractivity contribution in [2.24, 2.45) is 5.92 Å². The standard InChI is InChI=1S/C16H21BrN2O/c1-18-9-4-5-12-11-19(10-8-15(12)18)16(20)13-6-2-3-7-14(13)17/h2-3,6-7,12,15H,4-5,8-11H2,1H3. The van der Waals surface area contributed by atoms with Gasteiger partial charge in [0, 0.05) is 23.6 Å². The molecule has 2 saturated heterocycles. The van der Waals surface area contributed by atoms with E-state index in [2.05, 4.69) is 27.9 Å². The molecule has 20 heavy (non-hydrogen) atoms. The lowest BCUT2D eigenvalue weighted by Crippen LogP contribution is -2.53. The molecule has 2 atom stereocenters. The van der Waals surface area contributed by atoms with Gasteiger partial charge in [0.15, 0.2) is 0 Å². The second-order valence-electron chi connectivity index (χ2n) is 5.97. The molecule has 0 spiro atoms. The van der Waals surface area contributed by atoms with E-state index in [4.69, 9.17) is 0 Å². The van der Waals surface area contributed by atoms with Crippen molar-refractivity contribution in [1.82, 2.24) is 9.80 Å². The first-order chi connectivity index (χ1) is 9.66. The highest BCUT2D eigenvalue weighted by Gasteiger charge is 2.36. The molecule has 2 fully saturated rings. The third kappa shape index (κ3) is 2.63. The minimum Gasteiger partial charge on any atom is -0.338 e. The van der Waals surface area contributed by atoms with Gasteiger partial charge in [-0.25, -0.2) is 0 Å². The maximum absolute atomic E-state index is 12.7. The van der Waals surface area contributed by atoms with Crippen LogP contribution in [0.15, 0.2) is 28.7 Å². The number of hydrogen-bond acceptors (Lipinski definition) is 2. The smallest absolute Gasteiger partial charge is 0.255 e. The van der Waals surface area contributed by atoms with E-state index in [1.165, 1.54) is 19.4 Å². The van der Waals surface area contributed by atoms with Crippen LogP contribution in [0.5, 0.6) is 0 Å². The highest BCUT2D eigenvalue weighted by molar-refractivity contribution is 9.10. The summed E-state index contributed by atoms with van der Waals surface area (Å²) >= 11 is 3.49. The predicted octanol–water partition coefficient (Wildman–Crippen LogP) is 3.01. The van der Waals surface area contributed by atoms with Crippen molar-refractivity contribution < 1.29 is 4.79 Å². The molecule has 0 saturated carbocycles. The Balaban J connectivity index is 1.73. The number of nitrogens with zero attached hydrogens (tertiary/aromatic N) is 2. The van der Waals surface area contributed by atoms with Crippen LogP contribution in [0.1, 0.15) is 29.6 Å². The zero-order valence-corrected chi connectivity index (χ0v) is 13.5. The van der Waals surface area contributed by atoms with E-state index in [0.717, 1.165) is 29.5 Å². The van der Waals surface area contributed by atoms with Gasteiger partial charge >= 0.3 is 0 Å². The minimum atomic E-state index is 0.171. The summed E-state index contributed by atoms with van der Waals surface area (Å²) in [7, 11) is 2.22. The Labute approximate surface area is 129 Å². The number of halogens is 1.